The van der Waals surface area contributed by atoms with Crippen molar-refractivity contribution in [1.82, 2.24) is 0 Å². The summed E-state index contributed by atoms with van der Waals surface area (Å²) >= 11 is 0. The summed E-state index contributed by atoms with van der Waals surface area (Å²) in [4.78, 5) is 12.3. The zero-order chi connectivity index (χ0) is 18.6. The molecule has 1 amide bonds. The summed E-state index contributed by atoms with van der Waals surface area (Å²) in [7, 11) is 0. The Labute approximate surface area is 153 Å². The molecule has 5 heteroatoms. The third kappa shape index (κ3) is 4.76. The number of hydrogen-bond acceptors (Lipinski definition) is 4. The average molecular weight is 355 g/mol. The minimum absolute atomic E-state index is 0.0784. The molecule has 0 saturated heterocycles. The fourth-order valence-corrected chi connectivity index (χ4v) is 2.93. The van der Waals surface area contributed by atoms with Gasteiger partial charge in [-0.25, -0.2) is 0 Å². The molecule has 5 nitrogen and oxygen atoms in total. The molecule has 138 valence electrons. The summed E-state index contributed by atoms with van der Waals surface area (Å²) in [6.07, 6.45) is 2.05. The number of nitrogens with one attached hydrogen (secondary N) is 1. The molecule has 1 fully saturated rings. The van der Waals surface area contributed by atoms with E-state index in [4.69, 9.17) is 9.47 Å². The minimum atomic E-state index is -0.949. The van der Waals surface area contributed by atoms with Crippen LogP contribution in [0.15, 0.2) is 48.5 Å². The van der Waals surface area contributed by atoms with Crippen LogP contribution in [0.25, 0.3) is 0 Å². The standard InChI is InChI=1S/C21H25NO4/c1-3-25-16-10-12-17(13-11-16)26-19-7-5-4-6-18(19)22-20(23)14-21(2,24)15-8-9-15/h4-7,10-13,15,24H,3,8-9,14H2,1-2H3,(H,22,23)/t21-/m0/s1. The second kappa shape index (κ2) is 7.79. The van der Waals surface area contributed by atoms with Gasteiger partial charge in [0, 0.05) is 0 Å². The van der Waals surface area contributed by atoms with E-state index in [1.54, 1.807) is 19.1 Å². The van der Waals surface area contributed by atoms with Crippen LogP contribution in [-0.4, -0.2) is 23.2 Å². The largest absolute Gasteiger partial charge is 0.494 e. The Morgan fingerprint density at radius 3 is 2.46 bits per heavy atom. The van der Waals surface area contributed by atoms with Gasteiger partial charge < -0.3 is 19.9 Å². The normalized spacial score (nSPS) is 15.8. The van der Waals surface area contributed by atoms with Gasteiger partial charge in [-0.15, -0.1) is 0 Å². The van der Waals surface area contributed by atoms with Crippen LogP contribution in [0.1, 0.15) is 33.1 Å². The molecular formula is C21H25NO4. The third-order valence-corrected chi connectivity index (χ3v) is 4.50. The summed E-state index contributed by atoms with van der Waals surface area (Å²) in [5.74, 6) is 1.99. The first-order valence-corrected chi connectivity index (χ1v) is 9.00. The van der Waals surface area contributed by atoms with Crippen LogP contribution in [0, 0.1) is 5.92 Å². The van der Waals surface area contributed by atoms with Gasteiger partial charge in [0.05, 0.1) is 24.3 Å². The highest BCUT2D eigenvalue weighted by Crippen LogP contribution is 2.41. The van der Waals surface area contributed by atoms with Crippen molar-refractivity contribution in [3.63, 3.8) is 0 Å². The summed E-state index contributed by atoms with van der Waals surface area (Å²) in [6, 6.07) is 14.6. The van der Waals surface area contributed by atoms with Gasteiger partial charge in [-0.1, -0.05) is 12.1 Å². The lowest BCUT2D eigenvalue weighted by Gasteiger charge is -2.22. The van der Waals surface area contributed by atoms with Crippen LogP contribution in [0.3, 0.4) is 0 Å². The van der Waals surface area contributed by atoms with E-state index in [-0.39, 0.29) is 18.2 Å². The average Bonchev–Trinajstić information content (AvgIpc) is 3.44. The van der Waals surface area contributed by atoms with E-state index in [0.717, 1.165) is 18.6 Å². The molecule has 0 spiro atoms. The molecule has 1 aliphatic carbocycles. The van der Waals surface area contributed by atoms with Gasteiger partial charge in [0.25, 0.3) is 0 Å². The van der Waals surface area contributed by atoms with Gasteiger partial charge >= 0.3 is 0 Å². The summed E-state index contributed by atoms with van der Waals surface area (Å²) in [5.41, 5.74) is -0.368. The number of carbonyl (C=O) groups is 1. The number of anilines is 1. The molecule has 3 rings (SSSR count). The van der Waals surface area contributed by atoms with Crippen molar-refractivity contribution in [3.8, 4) is 17.2 Å². The maximum atomic E-state index is 12.3. The number of para-hydroxylation sites is 2. The molecule has 0 heterocycles. The lowest BCUT2D eigenvalue weighted by atomic mass is 9.96. The summed E-state index contributed by atoms with van der Waals surface area (Å²) in [5, 5.41) is 13.2. The highest BCUT2D eigenvalue weighted by Gasteiger charge is 2.41. The first kappa shape index (κ1) is 18.3. The molecule has 2 N–H and O–H groups in total. The zero-order valence-corrected chi connectivity index (χ0v) is 15.2. The van der Waals surface area contributed by atoms with E-state index >= 15 is 0 Å². The highest BCUT2D eigenvalue weighted by atomic mass is 16.5. The summed E-state index contributed by atoms with van der Waals surface area (Å²) < 4.78 is 11.3. The lowest BCUT2D eigenvalue weighted by Crippen LogP contribution is -2.32. The van der Waals surface area contributed by atoms with E-state index in [1.165, 1.54) is 0 Å². The van der Waals surface area contributed by atoms with E-state index in [1.807, 2.05) is 43.3 Å². The van der Waals surface area contributed by atoms with E-state index in [9.17, 15) is 9.90 Å². The van der Waals surface area contributed by atoms with E-state index < -0.39 is 5.60 Å². The van der Waals surface area contributed by atoms with Crippen molar-refractivity contribution in [3.05, 3.63) is 48.5 Å². The molecule has 0 bridgehead atoms. The highest BCUT2D eigenvalue weighted by molar-refractivity contribution is 5.93. The van der Waals surface area contributed by atoms with Gasteiger partial charge in [-0.2, -0.15) is 0 Å². The van der Waals surface area contributed by atoms with Gasteiger partial charge in [-0.3, -0.25) is 4.79 Å². The van der Waals surface area contributed by atoms with Crippen LogP contribution >= 0.6 is 0 Å². The molecule has 2 aromatic rings. The monoisotopic (exact) mass is 355 g/mol. The number of amides is 1. The Morgan fingerprint density at radius 2 is 1.81 bits per heavy atom. The van der Waals surface area contributed by atoms with Crippen LogP contribution in [0.4, 0.5) is 5.69 Å². The minimum Gasteiger partial charge on any atom is -0.494 e. The molecule has 0 aromatic heterocycles. The molecule has 1 saturated carbocycles. The molecule has 0 unspecified atom stereocenters. The predicted molar refractivity (Wildman–Crippen MR) is 101 cm³/mol. The van der Waals surface area contributed by atoms with Crippen LogP contribution in [0.2, 0.25) is 0 Å². The first-order chi connectivity index (χ1) is 12.5. The molecule has 0 aliphatic heterocycles. The Morgan fingerprint density at radius 1 is 1.15 bits per heavy atom. The van der Waals surface area contributed by atoms with Crippen molar-refractivity contribution in [2.45, 2.75) is 38.7 Å². The van der Waals surface area contributed by atoms with Crippen molar-refractivity contribution < 1.29 is 19.4 Å². The third-order valence-electron chi connectivity index (χ3n) is 4.50. The van der Waals surface area contributed by atoms with Gasteiger partial charge in [0.2, 0.25) is 5.91 Å². The smallest absolute Gasteiger partial charge is 0.227 e. The Bertz CT molecular complexity index is 751. The topological polar surface area (TPSA) is 67.8 Å². The number of benzene rings is 2. The second-order valence-electron chi connectivity index (χ2n) is 6.86. The lowest BCUT2D eigenvalue weighted by molar-refractivity contribution is -0.121. The maximum Gasteiger partial charge on any atom is 0.227 e. The number of aliphatic hydroxyl groups is 1. The fraction of sp³-hybridized carbons (Fsp3) is 0.381. The van der Waals surface area contributed by atoms with Crippen molar-refractivity contribution >= 4 is 11.6 Å². The van der Waals surface area contributed by atoms with Crippen LogP contribution in [0.5, 0.6) is 17.2 Å². The summed E-state index contributed by atoms with van der Waals surface area (Å²) in [6.45, 7) is 4.27. The Kier molecular flexibility index (Phi) is 5.47. The van der Waals surface area contributed by atoms with E-state index in [2.05, 4.69) is 5.32 Å². The maximum absolute atomic E-state index is 12.3. The zero-order valence-electron chi connectivity index (χ0n) is 15.2. The quantitative estimate of drug-likeness (QED) is 0.738. The van der Waals surface area contributed by atoms with Crippen molar-refractivity contribution in [2.75, 3.05) is 11.9 Å². The molecule has 2 aromatic carbocycles. The van der Waals surface area contributed by atoms with Crippen LogP contribution < -0.4 is 14.8 Å². The van der Waals surface area contributed by atoms with Gasteiger partial charge in [-0.05, 0) is 69.0 Å². The Balaban J connectivity index is 1.66. The van der Waals surface area contributed by atoms with Crippen molar-refractivity contribution in [2.24, 2.45) is 5.92 Å². The number of ether oxygens (including phenoxy) is 2. The molecule has 1 aliphatic rings. The first-order valence-electron chi connectivity index (χ1n) is 9.00. The number of hydrogen-bond donors (Lipinski definition) is 2. The van der Waals surface area contributed by atoms with E-state index in [0.29, 0.717) is 23.8 Å². The molecule has 0 radical (unpaired) electrons. The number of rotatable bonds is 8. The SMILES string of the molecule is CCOc1ccc(Oc2ccccc2NC(=O)C[C@](C)(O)C2CC2)cc1. The second-order valence-corrected chi connectivity index (χ2v) is 6.86. The predicted octanol–water partition coefficient (Wildman–Crippen LogP) is 4.37. The Hall–Kier alpha value is -2.53. The number of carbonyl (C=O) groups excluding carboxylic acids is 1. The van der Waals surface area contributed by atoms with Gasteiger partial charge in [0.1, 0.15) is 11.5 Å². The molecule has 26 heavy (non-hydrogen) atoms. The van der Waals surface area contributed by atoms with Crippen LogP contribution in [-0.2, 0) is 4.79 Å². The fourth-order valence-electron chi connectivity index (χ4n) is 2.93. The molecular weight excluding hydrogens is 330 g/mol. The van der Waals surface area contributed by atoms with Crippen molar-refractivity contribution in [1.29, 1.82) is 0 Å². The molecule has 1 atom stereocenters. The van der Waals surface area contributed by atoms with Gasteiger partial charge in [0.15, 0.2) is 5.75 Å².